The largest absolute Gasteiger partial charge is 0.376 e. The monoisotopic (exact) mass is 346 g/mol. The third-order valence-electron chi connectivity index (χ3n) is 3.88. The number of nitrogens with one attached hydrogen (secondary N) is 1. The molecule has 1 atom stereocenters. The quantitative estimate of drug-likeness (QED) is 0.884. The summed E-state index contributed by atoms with van der Waals surface area (Å²) < 4.78 is 16.1. The van der Waals surface area contributed by atoms with Crippen molar-refractivity contribution in [2.24, 2.45) is 0 Å². The van der Waals surface area contributed by atoms with E-state index in [1.165, 1.54) is 0 Å². The molecular formula is C17H22N4O4. The second-order valence-corrected chi connectivity index (χ2v) is 5.98. The van der Waals surface area contributed by atoms with Gasteiger partial charge in [-0.25, -0.2) is 4.79 Å². The molecule has 1 saturated heterocycles. The van der Waals surface area contributed by atoms with Gasteiger partial charge in [0.25, 0.3) is 0 Å². The molecule has 1 aromatic heterocycles. The van der Waals surface area contributed by atoms with Crippen molar-refractivity contribution in [1.82, 2.24) is 20.4 Å². The van der Waals surface area contributed by atoms with Crippen molar-refractivity contribution in [3.05, 3.63) is 35.7 Å². The number of carbonyl (C=O) groups excluding carboxylic acids is 1. The van der Waals surface area contributed by atoms with E-state index in [1.807, 2.05) is 31.2 Å². The number of nitrogens with zero attached hydrogens (tertiary/aromatic N) is 3. The molecule has 1 aliphatic heterocycles. The fourth-order valence-corrected chi connectivity index (χ4v) is 2.46. The Hall–Kier alpha value is -2.45. The molecule has 1 aliphatic rings. The Kier molecular flexibility index (Phi) is 5.62. The number of urea groups is 1. The third-order valence-corrected chi connectivity index (χ3v) is 3.88. The standard InChI is InChI=1S/C17H22N4O4/c1-12-3-5-13(6-4-12)16-19-15(25-20-16)9-18-17(22)21(2)10-14-11-23-7-8-24-14/h3-6,14H,7-11H2,1-2H3,(H,18,22)/t14-/m1/s1. The number of amides is 2. The van der Waals surface area contributed by atoms with Gasteiger partial charge in [0, 0.05) is 12.6 Å². The Morgan fingerprint density at radius 2 is 2.12 bits per heavy atom. The first-order valence-corrected chi connectivity index (χ1v) is 8.20. The number of likely N-dealkylation sites (N-methyl/N-ethyl adjacent to an activating group) is 1. The van der Waals surface area contributed by atoms with E-state index in [1.54, 1.807) is 11.9 Å². The summed E-state index contributed by atoms with van der Waals surface area (Å²) in [6.45, 7) is 4.31. The molecule has 8 nitrogen and oxygen atoms in total. The molecule has 0 unspecified atom stereocenters. The number of carbonyl (C=O) groups is 1. The van der Waals surface area contributed by atoms with Gasteiger partial charge in [0.15, 0.2) is 0 Å². The van der Waals surface area contributed by atoms with Crippen molar-refractivity contribution in [2.45, 2.75) is 19.6 Å². The number of rotatable bonds is 5. The van der Waals surface area contributed by atoms with E-state index < -0.39 is 0 Å². The second-order valence-electron chi connectivity index (χ2n) is 5.98. The van der Waals surface area contributed by atoms with E-state index in [4.69, 9.17) is 14.0 Å². The van der Waals surface area contributed by atoms with Crippen LogP contribution in [0.25, 0.3) is 11.4 Å². The summed E-state index contributed by atoms with van der Waals surface area (Å²) in [5.41, 5.74) is 2.04. The first-order valence-electron chi connectivity index (χ1n) is 8.20. The molecule has 2 aromatic rings. The Morgan fingerprint density at radius 1 is 1.32 bits per heavy atom. The van der Waals surface area contributed by atoms with E-state index >= 15 is 0 Å². The van der Waals surface area contributed by atoms with Gasteiger partial charge >= 0.3 is 6.03 Å². The van der Waals surface area contributed by atoms with Crippen LogP contribution in [0.5, 0.6) is 0 Å². The molecule has 3 rings (SSSR count). The normalized spacial score (nSPS) is 17.3. The molecule has 1 fully saturated rings. The lowest BCUT2D eigenvalue weighted by atomic mass is 10.1. The summed E-state index contributed by atoms with van der Waals surface area (Å²) >= 11 is 0. The van der Waals surface area contributed by atoms with E-state index in [-0.39, 0.29) is 18.7 Å². The molecule has 2 amide bonds. The molecule has 134 valence electrons. The fourth-order valence-electron chi connectivity index (χ4n) is 2.46. The number of hydrogen-bond donors (Lipinski definition) is 1. The number of aromatic nitrogens is 2. The Morgan fingerprint density at radius 3 is 2.84 bits per heavy atom. The zero-order valence-electron chi connectivity index (χ0n) is 14.4. The third kappa shape index (κ3) is 4.77. The molecule has 25 heavy (non-hydrogen) atoms. The van der Waals surface area contributed by atoms with Crippen LogP contribution in [-0.2, 0) is 16.0 Å². The minimum Gasteiger partial charge on any atom is -0.376 e. The zero-order chi connectivity index (χ0) is 17.6. The van der Waals surface area contributed by atoms with Crippen LogP contribution >= 0.6 is 0 Å². The second kappa shape index (κ2) is 8.09. The van der Waals surface area contributed by atoms with E-state index in [0.29, 0.717) is 38.1 Å². The van der Waals surface area contributed by atoms with Crippen LogP contribution in [-0.4, -0.2) is 60.6 Å². The van der Waals surface area contributed by atoms with Crippen molar-refractivity contribution in [3.63, 3.8) is 0 Å². The summed E-state index contributed by atoms with van der Waals surface area (Å²) in [4.78, 5) is 18.0. The van der Waals surface area contributed by atoms with Crippen molar-refractivity contribution in [2.75, 3.05) is 33.4 Å². The average Bonchev–Trinajstić information content (AvgIpc) is 3.10. The van der Waals surface area contributed by atoms with E-state index in [2.05, 4.69) is 15.5 Å². The molecule has 2 heterocycles. The number of hydrogen-bond acceptors (Lipinski definition) is 6. The van der Waals surface area contributed by atoms with Crippen LogP contribution in [0.4, 0.5) is 4.79 Å². The van der Waals surface area contributed by atoms with Crippen molar-refractivity contribution >= 4 is 6.03 Å². The summed E-state index contributed by atoms with van der Waals surface area (Å²) in [5.74, 6) is 0.861. The highest BCUT2D eigenvalue weighted by atomic mass is 16.6. The predicted octanol–water partition coefficient (Wildman–Crippen LogP) is 1.60. The topological polar surface area (TPSA) is 89.7 Å². The number of ether oxygens (including phenoxy) is 2. The van der Waals surface area contributed by atoms with Crippen LogP contribution in [0.1, 0.15) is 11.5 Å². The molecule has 0 aliphatic carbocycles. The lowest BCUT2D eigenvalue weighted by Crippen LogP contribution is -2.44. The number of benzene rings is 1. The predicted molar refractivity (Wildman–Crippen MR) is 89.9 cm³/mol. The van der Waals surface area contributed by atoms with Crippen molar-refractivity contribution in [1.29, 1.82) is 0 Å². The van der Waals surface area contributed by atoms with Crippen molar-refractivity contribution < 1.29 is 18.8 Å². The van der Waals surface area contributed by atoms with Gasteiger partial charge in [-0.1, -0.05) is 35.0 Å². The average molecular weight is 346 g/mol. The van der Waals surface area contributed by atoms with Gasteiger partial charge in [-0.15, -0.1) is 0 Å². The highest BCUT2D eigenvalue weighted by molar-refractivity contribution is 5.73. The Balaban J connectivity index is 1.49. The minimum atomic E-state index is -0.232. The van der Waals surface area contributed by atoms with Gasteiger partial charge in [0.05, 0.1) is 39.0 Å². The van der Waals surface area contributed by atoms with Crippen LogP contribution in [0.15, 0.2) is 28.8 Å². The van der Waals surface area contributed by atoms with Gasteiger partial charge in [-0.2, -0.15) is 4.98 Å². The Bertz CT molecular complexity index is 695. The zero-order valence-corrected chi connectivity index (χ0v) is 14.4. The lowest BCUT2D eigenvalue weighted by molar-refractivity contribution is -0.0928. The molecule has 0 bridgehead atoms. The molecule has 0 saturated carbocycles. The maximum absolute atomic E-state index is 12.1. The molecular weight excluding hydrogens is 324 g/mol. The van der Waals surface area contributed by atoms with E-state index in [0.717, 1.165) is 11.1 Å². The van der Waals surface area contributed by atoms with Gasteiger partial charge in [-0.3, -0.25) is 0 Å². The van der Waals surface area contributed by atoms with Gasteiger partial charge in [0.2, 0.25) is 11.7 Å². The molecule has 1 aromatic carbocycles. The highest BCUT2D eigenvalue weighted by Gasteiger charge is 2.19. The first kappa shape index (κ1) is 17.4. The fraction of sp³-hybridized carbons (Fsp3) is 0.471. The summed E-state index contributed by atoms with van der Waals surface area (Å²) in [7, 11) is 1.71. The van der Waals surface area contributed by atoms with Crippen LogP contribution in [0, 0.1) is 6.92 Å². The summed E-state index contributed by atoms with van der Waals surface area (Å²) in [6.07, 6.45) is -0.0963. The lowest BCUT2D eigenvalue weighted by Gasteiger charge is -2.27. The smallest absolute Gasteiger partial charge is 0.317 e. The van der Waals surface area contributed by atoms with Gasteiger partial charge < -0.3 is 24.2 Å². The summed E-state index contributed by atoms with van der Waals surface area (Å²) in [6, 6.07) is 7.60. The first-order chi connectivity index (χ1) is 12.1. The molecule has 1 N–H and O–H groups in total. The minimum absolute atomic E-state index is 0.0963. The van der Waals surface area contributed by atoms with Crippen LogP contribution in [0.3, 0.4) is 0 Å². The SMILES string of the molecule is Cc1ccc(-c2noc(CNC(=O)N(C)C[C@@H]3COCCO3)n2)cc1. The molecule has 0 spiro atoms. The van der Waals surface area contributed by atoms with Gasteiger partial charge in [0.1, 0.15) is 0 Å². The molecule has 8 heteroatoms. The maximum Gasteiger partial charge on any atom is 0.317 e. The van der Waals surface area contributed by atoms with E-state index in [9.17, 15) is 4.79 Å². The van der Waals surface area contributed by atoms with Crippen molar-refractivity contribution in [3.8, 4) is 11.4 Å². The summed E-state index contributed by atoms with van der Waals surface area (Å²) in [5, 5.41) is 6.70. The maximum atomic E-state index is 12.1. The highest BCUT2D eigenvalue weighted by Crippen LogP contribution is 2.16. The number of aryl methyl sites for hydroxylation is 1. The van der Waals surface area contributed by atoms with Gasteiger partial charge in [-0.05, 0) is 6.92 Å². The Labute approximate surface area is 146 Å². The van der Waals surface area contributed by atoms with Crippen LogP contribution < -0.4 is 5.32 Å². The van der Waals surface area contributed by atoms with Crippen LogP contribution in [0.2, 0.25) is 0 Å². The molecule has 0 radical (unpaired) electrons.